The molecular formula is C10H19NO2. The highest BCUT2D eigenvalue weighted by Crippen LogP contribution is 2.36. The molecular weight excluding hydrogens is 166 g/mol. The largest absolute Gasteiger partial charge is 0.381 e. The zero-order valence-corrected chi connectivity index (χ0v) is 8.13. The molecule has 0 aromatic heterocycles. The first kappa shape index (κ1) is 9.44. The molecule has 2 N–H and O–H groups in total. The summed E-state index contributed by atoms with van der Waals surface area (Å²) in [4.78, 5) is 0. The number of nitrogens with two attached hydrogens (primary N) is 1. The summed E-state index contributed by atoms with van der Waals surface area (Å²) in [6.07, 6.45) is 4.40. The van der Waals surface area contributed by atoms with Crippen molar-refractivity contribution in [1.82, 2.24) is 0 Å². The standard InChI is InChI=1S/C10H19NO2/c11-8-9-1-4-13-10(7-9)2-5-12-6-3-10/h9H,1-8,11H2/t9-/m1/s1. The van der Waals surface area contributed by atoms with Gasteiger partial charge in [-0.25, -0.2) is 0 Å². The zero-order valence-electron chi connectivity index (χ0n) is 8.13. The maximum Gasteiger partial charge on any atom is 0.0729 e. The first-order chi connectivity index (χ1) is 6.35. The molecule has 0 bridgehead atoms. The maximum atomic E-state index is 5.90. The first-order valence-electron chi connectivity index (χ1n) is 5.26. The van der Waals surface area contributed by atoms with Gasteiger partial charge in [0, 0.05) is 19.8 Å². The lowest BCUT2D eigenvalue weighted by molar-refractivity contribution is -0.145. The maximum absolute atomic E-state index is 5.90. The molecule has 0 aliphatic carbocycles. The SMILES string of the molecule is NC[C@@H]1CCOC2(CCOCC2)C1. The Kier molecular flexibility index (Phi) is 2.86. The van der Waals surface area contributed by atoms with Crippen molar-refractivity contribution in [2.75, 3.05) is 26.4 Å². The normalized spacial score (nSPS) is 33.5. The van der Waals surface area contributed by atoms with E-state index in [1.807, 2.05) is 0 Å². The van der Waals surface area contributed by atoms with Gasteiger partial charge in [0.15, 0.2) is 0 Å². The van der Waals surface area contributed by atoms with E-state index in [9.17, 15) is 0 Å². The van der Waals surface area contributed by atoms with Gasteiger partial charge in [-0.2, -0.15) is 0 Å². The van der Waals surface area contributed by atoms with Crippen LogP contribution in [0.25, 0.3) is 0 Å². The van der Waals surface area contributed by atoms with Crippen molar-refractivity contribution in [3.63, 3.8) is 0 Å². The van der Waals surface area contributed by atoms with E-state index in [-0.39, 0.29) is 5.60 Å². The predicted octanol–water partition coefficient (Wildman–Crippen LogP) is 0.921. The van der Waals surface area contributed by atoms with Crippen LogP contribution in [0.4, 0.5) is 0 Å². The van der Waals surface area contributed by atoms with E-state index < -0.39 is 0 Å². The van der Waals surface area contributed by atoms with Crippen LogP contribution in [0.5, 0.6) is 0 Å². The summed E-state index contributed by atoms with van der Waals surface area (Å²) < 4.78 is 11.3. The van der Waals surface area contributed by atoms with Crippen LogP contribution in [0.15, 0.2) is 0 Å². The highest BCUT2D eigenvalue weighted by Gasteiger charge is 2.38. The second-order valence-corrected chi connectivity index (χ2v) is 4.24. The van der Waals surface area contributed by atoms with Gasteiger partial charge in [0.25, 0.3) is 0 Å². The lowest BCUT2D eigenvalue weighted by Crippen LogP contribution is -2.45. The number of hydrogen-bond donors (Lipinski definition) is 1. The molecule has 3 heteroatoms. The smallest absolute Gasteiger partial charge is 0.0729 e. The molecule has 0 amide bonds. The summed E-state index contributed by atoms with van der Waals surface area (Å²) in [5, 5.41) is 0. The van der Waals surface area contributed by atoms with Gasteiger partial charge in [-0.3, -0.25) is 0 Å². The van der Waals surface area contributed by atoms with Crippen LogP contribution in [-0.2, 0) is 9.47 Å². The van der Waals surface area contributed by atoms with Gasteiger partial charge >= 0.3 is 0 Å². The number of ether oxygens (including phenoxy) is 2. The van der Waals surface area contributed by atoms with Gasteiger partial charge < -0.3 is 15.2 Å². The van der Waals surface area contributed by atoms with Crippen molar-refractivity contribution in [3.8, 4) is 0 Å². The topological polar surface area (TPSA) is 44.5 Å². The van der Waals surface area contributed by atoms with Crippen molar-refractivity contribution in [2.45, 2.75) is 31.3 Å². The first-order valence-corrected chi connectivity index (χ1v) is 5.26. The Hall–Kier alpha value is -0.120. The molecule has 3 nitrogen and oxygen atoms in total. The van der Waals surface area contributed by atoms with Crippen LogP contribution in [0.3, 0.4) is 0 Å². The molecule has 76 valence electrons. The van der Waals surface area contributed by atoms with Crippen LogP contribution < -0.4 is 5.73 Å². The van der Waals surface area contributed by atoms with Crippen molar-refractivity contribution in [3.05, 3.63) is 0 Å². The summed E-state index contributed by atoms with van der Waals surface area (Å²) in [7, 11) is 0. The molecule has 0 aromatic rings. The third-order valence-electron chi connectivity index (χ3n) is 3.33. The highest BCUT2D eigenvalue weighted by molar-refractivity contribution is 4.89. The summed E-state index contributed by atoms with van der Waals surface area (Å²) in [6, 6.07) is 0. The molecule has 1 atom stereocenters. The minimum absolute atomic E-state index is 0.126. The quantitative estimate of drug-likeness (QED) is 0.660. The Bertz CT molecular complexity index is 161. The molecule has 2 aliphatic rings. The van der Waals surface area contributed by atoms with Crippen molar-refractivity contribution in [1.29, 1.82) is 0 Å². The lowest BCUT2D eigenvalue weighted by Gasteiger charge is -2.43. The fraction of sp³-hybridized carbons (Fsp3) is 1.00. The Morgan fingerprint density at radius 3 is 2.69 bits per heavy atom. The number of rotatable bonds is 1. The minimum atomic E-state index is 0.126. The van der Waals surface area contributed by atoms with E-state index in [2.05, 4.69) is 0 Å². The minimum Gasteiger partial charge on any atom is -0.381 e. The van der Waals surface area contributed by atoms with E-state index in [4.69, 9.17) is 15.2 Å². The van der Waals surface area contributed by atoms with Crippen molar-refractivity contribution < 1.29 is 9.47 Å². The Morgan fingerprint density at radius 1 is 1.23 bits per heavy atom. The average Bonchev–Trinajstić information content (AvgIpc) is 2.19. The molecule has 2 rings (SSSR count). The second kappa shape index (κ2) is 3.95. The fourth-order valence-electron chi connectivity index (χ4n) is 2.42. The van der Waals surface area contributed by atoms with Crippen LogP contribution in [0.2, 0.25) is 0 Å². The average molecular weight is 185 g/mol. The molecule has 2 fully saturated rings. The molecule has 2 saturated heterocycles. The molecule has 2 heterocycles. The monoisotopic (exact) mass is 185 g/mol. The lowest BCUT2D eigenvalue weighted by atomic mass is 9.81. The third-order valence-corrected chi connectivity index (χ3v) is 3.33. The zero-order chi connectivity index (χ0) is 9.15. The van der Waals surface area contributed by atoms with Gasteiger partial charge in [-0.05, 0) is 38.1 Å². The van der Waals surface area contributed by atoms with Crippen molar-refractivity contribution in [2.24, 2.45) is 11.7 Å². The van der Waals surface area contributed by atoms with E-state index in [0.29, 0.717) is 5.92 Å². The summed E-state index contributed by atoms with van der Waals surface area (Å²) in [5.41, 5.74) is 5.83. The van der Waals surface area contributed by atoms with Gasteiger partial charge in [-0.1, -0.05) is 0 Å². The van der Waals surface area contributed by atoms with Gasteiger partial charge in [0.2, 0.25) is 0 Å². The molecule has 0 unspecified atom stereocenters. The van der Waals surface area contributed by atoms with Gasteiger partial charge in [-0.15, -0.1) is 0 Å². The van der Waals surface area contributed by atoms with Gasteiger partial charge in [0.05, 0.1) is 5.60 Å². The molecule has 0 saturated carbocycles. The summed E-state index contributed by atoms with van der Waals surface area (Å²) in [5.74, 6) is 0.673. The molecule has 13 heavy (non-hydrogen) atoms. The molecule has 0 radical (unpaired) electrons. The molecule has 2 aliphatic heterocycles. The third kappa shape index (κ3) is 2.03. The Morgan fingerprint density at radius 2 is 2.00 bits per heavy atom. The van der Waals surface area contributed by atoms with Gasteiger partial charge in [0.1, 0.15) is 0 Å². The van der Waals surface area contributed by atoms with Crippen LogP contribution >= 0.6 is 0 Å². The number of hydrogen-bond acceptors (Lipinski definition) is 3. The van der Waals surface area contributed by atoms with Crippen LogP contribution in [-0.4, -0.2) is 32.0 Å². The second-order valence-electron chi connectivity index (χ2n) is 4.24. The van der Waals surface area contributed by atoms with Crippen LogP contribution in [0.1, 0.15) is 25.7 Å². The Balaban J connectivity index is 1.95. The van der Waals surface area contributed by atoms with E-state index in [0.717, 1.165) is 52.0 Å². The predicted molar refractivity (Wildman–Crippen MR) is 50.5 cm³/mol. The van der Waals surface area contributed by atoms with Crippen LogP contribution in [0, 0.1) is 5.92 Å². The van der Waals surface area contributed by atoms with Crippen molar-refractivity contribution >= 4 is 0 Å². The Labute approximate surface area is 79.6 Å². The van der Waals surface area contributed by atoms with E-state index in [1.165, 1.54) is 0 Å². The molecule has 1 spiro atoms. The molecule has 0 aromatic carbocycles. The highest BCUT2D eigenvalue weighted by atomic mass is 16.5. The van der Waals surface area contributed by atoms with E-state index >= 15 is 0 Å². The fourth-order valence-corrected chi connectivity index (χ4v) is 2.42. The van der Waals surface area contributed by atoms with E-state index in [1.54, 1.807) is 0 Å². The summed E-state index contributed by atoms with van der Waals surface area (Å²) in [6.45, 7) is 3.42. The summed E-state index contributed by atoms with van der Waals surface area (Å²) >= 11 is 0.